The molecule has 0 saturated carbocycles. The van der Waals surface area contributed by atoms with Gasteiger partial charge in [0.05, 0.1) is 17.8 Å². The highest BCUT2D eigenvalue weighted by Crippen LogP contribution is 2.18. The number of anilines is 1. The first-order valence-corrected chi connectivity index (χ1v) is 5.06. The van der Waals surface area contributed by atoms with Crippen LogP contribution in [0.25, 0.3) is 0 Å². The second kappa shape index (κ2) is 5.58. The van der Waals surface area contributed by atoms with Gasteiger partial charge in [-0.25, -0.2) is 8.78 Å². The highest BCUT2D eigenvalue weighted by molar-refractivity contribution is 5.99. The first-order chi connectivity index (χ1) is 7.95. The lowest BCUT2D eigenvalue weighted by atomic mass is 10.1. The number of alkyl halides is 2. The number of amides is 1. The lowest BCUT2D eigenvalue weighted by Crippen LogP contribution is -2.32. The Labute approximate surface area is 98.4 Å². The van der Waals surface area contributed by atoms with Crippen LogP contribution in [0.1, 0.15) is 15.9 Å². The average molecular weight is 243 g/mol. The summed E-state index contributed by atoms with van der Waals surface area (Å²) < 4.78 is 24.4. The largest absolute Gasteiger partial charge is 0.336 e. The van der Waals surface area contributed by atoms with Crippen molar-refractivity contribution in [2.75, 3.05) is 19.0 Å². The van der Waals surface area contributed by atoms with Crippen LogP contribution in [0.4, 0.5) is 14.5 Å². The maximum absolute atomic E-state index is 12.2. The van der Waals surface area contributed by atoms with Gasteiger partial charge in [-0.2, -0.15) is 0 Å². The van der Waals surface area contributed by atoms with E-state index in [2.05, 4.69) is 5.43 Å². The summed E-state index contributed by atoms with van der Waals surface area (Å²) in [5.74, 6) is 4.79. The number of rotatable bonds is 4. The second-order valence-electron chi connectivity index (χ2n) is 3.77. The quantitative estimate of drug-likeness (QED) is 0.624. The number of halogens is 2. The highest BCUT2D eigenvalue weighted by atomic mass is 19.3. The molecular formula is C11H15F2N3O. The number of benzene rings is 1. The molecule has 1 aromatic carbocycles. The van der Waals surface area contributed by atoms with Crippen molar-refractivity contribution < 1.29 is 13.6 Å². The molecule has 0 aliphatic heterocycles. The number of nitrogens with two attached hydrogens (primary N) is 1. The predicted octanol–water partition coefficient (Wildman–Crippen LogP) is 1.62. The minimum atomic E-state index is -2.55. The van der Waals surface area contributed by atoms with Crippen molar-refractivity contribution in [3.8, 4) is 0 Å². The van der Waals surface area contributed by atoms with Gasteiger partial charge in [0.2, 0.25) is 0 Å². The van der Waals surface area contributed by atoms with Crippen molar-refractivity contribution in [2.24, 2.45) is 5.84 Å². The summed E-state index contributed by atoms with van der Waals surface area (Å²) in [5, 5.41) is 0. The molecule has 0 atom stereocenters. The molecule has 4 nitrogen and oxygen atoms in total. The van der Waals surface area contributed by atoms with Crippen molar-refractivity contribution in [2.45, 2.75) is 13.3 Å². The Hall–Kier alpha value is -1.69. The molecular weight excluding hydrogens is 228 g/mol. The van der Waals surface area contributed by atoms with Gasteiger partial charge >= 0.3 is 0 Å². The van der Waals surface area contributed by atoms with Crippen LogP contribution in [0, 0.1) is 6.92 Å². The summed E-state index contributed by atoms with van der Waals surface area (Å²) in [6.45, 7) is 1.21. The Kier molecular flexibility index (Phi) is 4.39. The van der Waals surface area contributed by atoms with E-state index in [1.807, 2.05) is 6.92 Å². The van der Waals surface area contributed by atoms with E-state index < -0.39 is 18.9 Å². The minimum absolute atomic E-state index is 0.288. The first kappa shape index (κ1) is 13.4. The molecule has 0 saturated heterocycles. The number of carbonyl (C=O) groups is 1. The molecule has 17 heavy (non-hydrogen) atoms. The van der Waals surface area contributed by atoms with E-state index in [1.165, 1.54) is 7.05 Å². The summed E-state index contributed by atoms with van der Waals surface area (Å²) in [6.07, 6.45) is -2.55. The van der Waals surface area contributed by atoms with Crippen LogP contribution in [-0.2, 0) is 0 Å². The zero-order valence-electron chi connectivity index (χ0n) is 9.71. The lowest BCUT2D eigenvalue weighted by Gasteiger charge is -2.18. The van der Waals surface area contributed by atoms with Gasteiger partial charge < -0.3 is 10.3 Å². The molecule has 0 spiro atoms. The summed E-state index contributed by atoms with van der Waals surface area (Å²) >= 11 is 0. The number of hydrazine groups is 1. The fraction of sp³-hybridized carbons (Fsp3) is 0.364. The number of nitrogen functional groups attached to an aromatic ring is 1. The Morgan fingerprint density at radius 3 is 2.71 bits per heavy atom. The fourth-order valence-corrected chi connectivity index (χ4v) is 1.46. The number of nitrogens with one attached hydrogen (secondary N) is 1. The van der Waals surface area contributed by atoms with E-state index >= 15 is 0 Å². The SMILES string of the molecule is Cc1ccc(NN)c(C(=O)N(C)CC(F)F)c1. The van der Waals surface area contributed by atoms with Crippen molar-refractivity contribution >= 4 is 11.6 Å². The third-order valence-electron chi connectivity index (χ3n) is 2.32. The number of carbonyl (C=O) groups excluding carboxylic acids is 1. The normalized spacial score (nSPS) is 10.5. The van der Waals surface area contributed by atoms with E-state index in [9.17, 15) is 13.6 Å². The standard InChI is InChI=1S/C11H15F2N3O/c1-7-3-4-9(15-14)8(5-7)11(17)16(2)6-10(12)13/h3-5,10,15H,6,14H2,1-2H3. The van der Waals surface area contributed by atoms with E-state index in [1.54, 1.807) is 18.2 Å². The molecule has 0 unspecified atom stereocenters. The average Bonchev–Trinajstić information content (AvgIpc) is 2.27. The molecule has 1 aromatic rings. The zero-order valence-corrected chi connectivity index (χ0v) is 9.71. The van der Waals surface area contributed by atoms with Crippen molar-refractivity contribution in [1.82, 2.24) is 4.90 Å². The Bertz CT molecular complexity index is 410. The molecule has 94 valence electrons. The topological polar surface area (TPSA) is 58.4 Å². The smallest absolute Gasteiger partial charge is 0.255 e. The summed E-state index contributed by atoms with van der Waals surface area (Å²) in [5.41, 5.74) is 3.94. The first-order valence-electron chi connectivity index (χ1n) is 5.06. The summed E-state index contributed by atoms with van der Waals surface area (Å²) in [4.78, 5) is 12.9. The summed E-state index contributed by atoms with van der Waals surface area (Å²) in [7, 11) is 1.33. The Morgan fingerprint density at radius 2 is 2.18 bits per heavy atom. The predicted molar refractivity (Wildman–Crippen MR) is 62.0 cm³/mol. The van der Waals surface area contributed by atoms with Crippen LogP contribution in [-0.4, -0.2) is 30.8 Å². The third-order valence-corrected chi connectivity index (χ3v) is 2.32. The lowest BCUT2D eigenvalue weighted by molar-refractivity contribution is 0.0621. The molecule has 0 aliphatic rings. The van der Waals surface area contributed by atoms with Crippen LogP contribution in [0.5, 0.6) is 0 Å². The van der Waals surface area contributed by atoms with Crippen molar-refractivity contribution in [3.63, 3.8) is 0 Å². The van der Waals surface area contributed by atoms with Crippen LogP contribution in [0.3, 0.4) is 0 Å². The molecule has 1 rings (SSSR count). The number of hydrogen-bond donors (Lipinski definition) is 2. The van der Waals surface area contributed by atoms with Gasteiger partial charge in [0, 0.05) is 7.05 Å². The maximum atomic E-state index is 12.2. The fourth-order valence-electron chi connectivity index (χ4n) is 1.46. The van der Waals surface area contributed by atoms with Crippen LogP contribution in [0.2, 0.25) is 0 Å². The summed E-state index contributed by atoms with van der Waals surface area (Å²) in [6, 6.07) is 5.03. The number of aryl methyl sites for hydroxylation is 1. The molecule has 6 heteroatoms. The van der Waals surface area contributed by atoms with E-state index in [0.29, 0.717) is 5.69 Å². The third kappa shape index (κ3) is 3.39. The second-order valence-corrected chi connectivity index (χ2v) is 3.77. The van der Waals surface area contributed by atoms with Gasteiger partial charge in [0.1, 0.15) is 0 Å². The van der Waals surface area contributed by atoms with E-state index in [0.717, 1.165) is 10.5 Å². The molecule has 1 amide bonds. The van der Waals surface area contributed by atoms with Crippen molar-refractivity contribution in [1.29, 1.82) is 0 Å². The Morgan fingerprint density at radius 1 is 1.53 bits per heavy atom. The van der Waals surface area contributed by atoms with E-state index in [-0.39, 0.29) is 5.56 Å². The van der Waals surface area contributed by atoms with Gasteiger partial charge in [-0.15, -0.1) is 0 Å². The maximum Gasteiger partial charge on any atom is 0.255 e. The minimum Gasteiger partial charge on any atom is -0.336 e. The zero-order chi connectivity index (χ0) is 13.0. The molecule has 0 radical (unpaired) electrons. The highest BCUT2D eigenvalue weighted by Gasteiger charge is 2.18. The number of nitrogens with zero attached hydrogens (tertiary/aromatic N) is 1. The molecule has 0 aliphatic carbocycles. The van der Waals surface area contributed by atoms with Gasteiger partial charge in [-0.1, -0.05) is 11.6 Å². The van der Waals surface area contributed by atoms with Gasteiger partial charge in [-0.3, -0.25) is 10.6 Å². The monoisotopic (exact) mass is 243 g/mol. The van der Waals surface area contributed by atoms with Crippen LogP contribution < -0.4 is 11.3 Å². The Balaban J connectivity index is 2.98. The van der Waals surface area contributed by atoms with Crippen molar-refractivity contribution in [3.05, 3.63) is 29.3 Å². The molecule has 3 N–H and O–H groups in total. The van der Waals surface area contributed by atoms with Gasteiger partial charge in [0.15, 0.2) is 0 Å². The van der Waals surface area contributed by atoms with Crippen LogP contribution >= 0.6 is 0 Å². The molecule has 0 heterocycles. The van der Waals surface area contributed by atoms with Crippen LogP contribution in [0.15, 0.2) is 18.2 Å². The molecule has 0 bridgehead atoms. The van der Waals surface area contributed by atoms with Gasteiger partial charge in [0.25, 0.3) is 12.3 Å². The number of hydrogen-bond acceptors (Lipinski definition) is 3. The molecule has 0 fully saturated rings. The molecule has 0 aromatic heterocycles. The van der Waals surface area contributed by atoms with E-state index in [4.69, 9.17) is 5.84 Å². The van der Waals surface area contributed by atoms with Gasteiger partial charge in [-0.05, 0) is 19.1 Å².